The molecule has 3 rings (SSSR count). The maximum Gasteiger partial charge on any atom is 0.193 e. The summed E-state index contributed by atoms with van der Waals surface area (Å²) in [7, 11) is 5.64. The normalized spacial score (nSPS) is 18.9. The van der Waals surface area contributed by atoms with E-state index in [0.717, 1.165) is 57.0 Å². The molecule has 1 atom stereocenters. The molecule has 1 unspecified atom stereocenters. The second kappa shape index (κ2) is 10.7. The lowest BCUT2D eigenvalue weighted by Crippen LogP contribution is -2.44. The number of nitrogens with one attached hydrogen (secondary N) is 1. The zero-order valence-corrected chi connectivity index (χ0v) is 17.7. The molecular formula is C22H36N4O2. The first-order valence-electron chi connectivity index (χ1n) is 10.6. The molecule has 0 bridgehead atoms. The highest BCUT2D eigenvalue weighted by molar-refractivity contribution is 5.79. The summed E-state index contributed by atoms with van der Waals surface area (Å²) < 4.78 is 11.1. The maximum absolute atomic E-state index is 5.78. The summed E-state index contributed by atoms with van der Waals surface area (Å²) in [5.41, 5.74) is 1.32. The van der Waals surface area contributed by atoms with Crippen molar-refractivity contribution in [3.05, 3.63) is 29.8 Å². The summed E-state index contributed by atoms with van der Waals surface area (Å²) in [6.07, 6.45) is 5.23. The van der Waals surface area contributed by atoms with Crippen molar-refractivity contribution in [2.24, 2.45) is 10.9 Å². The van der Waals surface area contributed by atoms with Crippen molar-refractivity contribution >= 4 is 5.96 Å². The molecule has 2 aliphatic rings. The van der Waals surface area contributed by atoms with Gasteiger partial charge < -0.3 is 19.7 Å². The third-order valence-corrected chi connectivity index (χ3v) is 5.73. The van der Waals surface area contributed by atoms with Gasteiger partial charge in [0.25, 0.3) is 0 Å². The van der Waals surface area contributed by atoms with Crippen LogP contribution in [0.2, 0.25) is 0 Å². The van der Waals surface area contributed by atoms with Crippen LogP contribution in [-0.4, -0.2) is 76.4 Å². The van der Waals surface area contributed by atoms with Gasteiger partial charge in [-0.2, -0.15) is 0 Å². The zero-order valence-electron chi connectivity index (χ0n) is 17.7. The fourth-order valence-corrected chi connectivity index (χ4v) is 3.75. The van der Waals surface area contributed by atoms with Gasteiger partial charge in [0, 0.05) is 33.8 Å². The Morgan fingerprint density at radius 1 is 1.25 bits per heavy atom. The summed E-state index contributed by atoms with van der Waals surface area (Å²) in [6, 6.07) is 8.81. The molecule has 1 aliphatic carbocycles. The first-order valence-corrected chi connectivity index (χ1v) is 10.6. The molecule has 28 heavy (non-hydrogen) atoms. The second-order valence-corrected chi connectivity index (χ2v) is 7.90. The van der Waals surface area contributed by atoms with Crippen molar-refractivity contribution in [3.63, 3.8) is 0 Å². The predicted molar refractivity (Wildman–Crippen MR) is 114 cm³/mol. The van der Waals surface area contributed by atoms with E-state index < -0.39 is 0 Å². The van der Waals surface area contributed by atoms with Gasteiger partial charge in [-0.15, -0.1) is 0 Å². The van der Waals surface area contributed by atoms with E-state index >= 15 is 0 Å². The molecule has 6 heteroatoms. The van der Waals surface area contributed by atoms with Crippen molar-refractivity contribution in [2.75, 3.05) is 60.6 Å². The molecule has 2 fully saturated rings. The minimum atomic E-state index is 0.338. The Balaban J connectivity index is 1.54. The molecule has 0 amide bonds. The van der Waals surface area contributed by atoms with Crippen LogP contribution in [0.1, 0.15) is 37.3 Å². The molecular weight excluding hydrogens is 352 g/mol. The lowest BCUT2D eigenvalue weighted by Gasteiger charge is -2.30. The Bertz CT molecular complexity index is 609. The number of rotatable bonds is 10. The minimum Gasteiger partial charge on any atom is -0.497 e. The maximum atomic E-state index is 5.78. The van der Waals surface area contributed by atoms with Gasteiger partial charge in [-0.3, -0.25) is 9.89 Å². The molecule has 0 spiro atoms. The van der Waals surface area contributed by atoms with Crippen molar-refractivity contribution in [2.45, 2.75) is 31.7 Å². The third kappa shape index (κ3) is 6.11. The number of guanidine groups is 1. The molecule has 1 heterocycles. The van der Waals surface area contributed by atoms with E-state index in [1.165, 1.54) is 31.2 Å². The zero-order chi connectivity index (χ0) is 19.8. The van der Waals surface area contributed by atoms with Crippen molar-refractivity contribution in [1.82, 2.24) is 15.1 Å². The minimum absolute atomic E-state index is 0.338. The molecule has 156 valence electrons. The molecule has 1 N–H and O–H groups in total. The van der Waals surface area contributed by atoms with Gasteiger partial charge in [-0.25, -0.2) is 0 Å². The fraction of sp³-hybridized carbons (Fsp3) is 0.682. The van der Waals surface area contributed by atoms with E-state index in [2.05, 4.69) is 51.4 Å². The van der Waals surface area contributed by atoms with Crippen molar-refractivity contribution < 1.29 is 9.47 Å². The molecule has 1 aromatic carbocycles. The monoisotopic (exact) mass is 388 g/mol. The lowest BCUT2D eigenvalue weighted by molar-refractivity contribution is 0.115. The van der Waals surface area contributed by atoms with E-state index in [-0.39, 0.29) is 0 Å². The summed E-state index contributed by atoms with van der Waals surface area (Å²) >= 11 is 0. The van der Waals surface area contributed by atoms with Gasteiger partial charge in [0.2, 0.25) is 0 Å². The van der Waals surface area contributed by atoms with Gasteiger partial charge in [0.05, 0.1) is 19.8 Å². The molecule has 1 saturated heterocycles. The third-order valence-electron chi connectivity index (χ3n) is 5.73. The topological polar surface area (TPSA) is 49.3 Å². The van der Waals surface area contributed by atoms with Crippen LogP contribution < -0.4 is 10.1 Å². The summed E-state index contributed by atoms with van der Waals surface area (Å²) in [5, 5.41) is 3.58. The number of methoxy groups -OCH3 is 1. The van der Waals surface area contributed by atoms with Crippen LogP contribution in [-0.2, 0) is 4.74 Å². The highest BCUT2D eigenvalue weighted by Crippen LogP contribution is 2.28. The fourth-order valence-electron chi connectivity index (χ4n) is 3.75. The highest BCUT2D eigenvalue weighted by Gasteiger charge is 2.24. The van der Waals surface area contributed by atoms with Gasteiger partial charge in [0.15, 0.2) is 5.96 Å². The Hall–Kier alpha value is -1.79. The number of aliphatic imine (C=N–C) groups is 1. The lowest BCUT2D eigenvalue weighted by atomic mass is 10.1. The number of hydrogen-bond donors (Lipinski definition) is 1. The quantitative estimate of drug-likeness (QED) is 0.379. The smallest absolute Gasteiger partial charge is 0.193 e. The van der Waals surface area contributed by atoms with E-state index in [1.807, 2.05) is 7.05 Å². The van der Waals surface area contributed by atoms with Gasteiger partial charge >= 0.3 is 0 Å². The largest absolute Gasteiger partial charge is 0.497 e. The number of benzene rings is 1. The van der Waals surface area contributed by atoms with Crippen LogP contribution in [0.25, 0.3) is 0 Å². The van der Waals surface area contributed by atoms with Crippen LogP contribution in [0.4, 0.5) is 0 Å². The van der Waals surface area contributed by atoms with Crippen LogP contribution in [0.3, 0.4) is 0 Å². The van der Waals surface area contributed by atoms with E-state index in [9.17, 15) is 0 Å². The van der Waals surface area contributed by atoms with Crippen LogP contribution in [0.5, 0.6) is 5.75 Å². The molecule has 0 radical (unpaired) electrons. The van der Waals surface area contributed by atoms with Gasteiger partial charge in [-0.05, 0) is 62.4 Å². The average molecular weight is 389 g/mol. The highest BCUT2D eigenvalue weighted by atomic mass is 16.5. The van der Waals surface area contributed by atoms with Crippen molar-refractivity contribution in [3.8, 4) is 5.75 Å². The summed E-state index contributed by atoms with van der Waals surface area (Å²) in [4.78, 5) is 9.20. The van der Waals surface area contributed by atoms with E-state index in [1.54, 1.807) is 7.11 Å². The van der Waals surface area contributed by atoms with Gasteiger partial charge in [-0.1, -0.05) is 12.1 Å². The molecule has 1 saturated carbocycles. The number of nitrogens with zero attached hydrogens (tertiary/aromatic N) is 3. The Kier molecular flexibility index (Phi) is 7.98. The number of hydrogen-bond acceptors (Lipinski definition) is 4. The Labute approximate surface area is 169 Å². The van der Waals surface area contributed by atoms with Crippen LogP contribution in [0, 0.1) is 5.92 Å². The predicted octanol–water partition coefficient (Wildman–Crippen LogP) is 2.77. The van der Waals surface area contributed by atoms with Crippen molar-refractivity contribution in [1.29, 1.82) is 0 Å². The Morgan fingerprint density at radius 2 is 1.96 bits per heavy atom. The van der Waals surface area contributed by atoms with Gasteiger partial charge in [0.1, 0.15) is 5.75 Å². The first kappa shape index (κ1) is 20.9. The standard InChI is InChI=1S/C22H36N4O2/c1-23-22(25(2)14-15-28-17-18-6-7-18)24-16-21(26-12-4-5-13-26)19-8-10-20(27-3)11-9-19/h8-11,18,21H,4-7,12-17H2,1-3H3,(H,23,24). The first-order chi connectivity index (χ1) is 13.7. The molecule has 1 aromatic rings. The van der Waals surface area contributed by atoms with Crippen LogP contribution in [0.15, 0.2) is 29.3 Å². The summed E-state index contributed by atoms with van der Waals surface area (Å²) in [6.45, 7) is 5.66. The van der Waals surface area contributed by atoms with E-state index in [4.69, 9.17) is 9.47 Å². The molecule has 6 nitrogen and oxygen atoms in total. The summed E-state index contributed by atoms with van der Waals surface area (Å²) in [5.74, 6) is 2.64. The number of likely N-dealkylation sites (tertiary alicyclic amines) is 1. The number of ether oxygens (including phenoxy) is 2. The van der Waals surface area contributed by atoms with Crippen LogP contribution >= 0.6 is 0 Å². The second-order valence-electron chi connectivity index (χ2n) is 7.90. The average Bonchev–Trinajstić information content (AvgIpc) is 3.40. The van der Waals surface area contributed by atoms with E-state index in [0.29, 0.717) is 6.04 Å². The number of likely N-dealkylation sites (N-methyl/N-ethyl adjacent to an activating group) is 1. The SMILES string of the molecule is CN=C(NCC(c1ccc(OC)cc1)N1CCCC1)N(C)CCOCC1CC1. The Morgan fingerprint density at radius 3 is 2.57 bits per heavy atom. The molecule has 0 aromatic heterocycles. The molecule has 1 aliphatic heterocycles.